The topological polar surface area (TPSA) is 63.5 Å². The van der Waals surface area contributed by atoms with Crippen molar-refractivity contribution in [1.29, 1.82) is 0 Å². The minimum Gasteiger partial charge on any atom is -0.486 e. The van der Waals surface area contributed by atoms with Crippen LogP contribution >= 0.6 is 12.4 Å². The number of furan rings is 1. The van der Waals surface area contributed by atoms with E-state index >= 15 is 0 Å². The fourth-order valence-electron chi connectivity index (χ4n) is 2.74. The van der Waals surface area contributed by atoms with Crippen LogP contribution in [0.25, 0.3) is 0 Å². The summed E-state index contributed by atoms with van der Waals surface area (Å²) in [5.41, 5.74) is 0. The van der Waals surface area contributed by atoms with Crippen LogP contribution in [0, 0.1) is 5.82 Å². The molecule has 0 saturated carbocycles. The average Bonchev–Trinajstić information content (AvgIpc) is 3.06. The van der Waals surface area contributed by atoms with Gasteiger partial charge < -0.3 is 19.8 Å². The van der Waals surface area contributed by atoms with E-state index in [1.807, 2.05) is 0 Å². The zero-order valence-corrected chi connectivity index (χ0v) is 14.8. The zero-order chi connectivity index (χ0) is 16.9. The number of piperidine rings is 1. The molecule has 2 atom stereocenters. The summed E-state index contributed by atoms with van der Waals surface area (Å²) in [6.07, 6.45) is 2.01. The van der Waals surface area contributed by atoms with Crippen LogP contribution in [0.15, 0.2) is 40.8 Å². The van der Waals surface area contributed by atoms with E-state index < -0.39 is 0 Å². The standard InChI is InChI=1S/C18H21FN2O3.ClH/c1-12-16(3-2-10-20-12)21-18(22)17-9-8-15(24-17)11-23-14-6-4-13(19)5-7-14;/h4-9,12,16,20H,2-3,10-11H2,1H3,(H,21,22);1H. The molecule has 5 nitrogen and oxygen atoms in total. The number of halogens is 2. The van der Waals surface area contributed by atoms with Gasteiger partial charge in [-0.2, -0.15) is 0 Å². The van der Waals surface area contributed by atoms with Gasteiger partial charge in [0.1, 0.15) is 23.9 Å². The molecule has 0 spiro atoms. The summed E-state index contributed by atoms with van der Waals surface area (Å²) >= 11 is 0. The van der Waals surface area contributed by atoms with Crippen LogP contribution < -0.4 is 15.4 Å². The van der Waals surface area contributed by atoms with E-state index in [1.165, 1.54) is 12.1 Å². The van der Waals surface area contributed by atoms with E-state index in [0.29, 0.717) is 11.5 Å². The normalized spacial score (nSPS) is 19.8. The van der Waals surface area contributed by atoms with Crippen molar-refractivity contribution >= 4 is 18.3 Å². The molecule has 1 aliphatic heterocycles. The highest BCUT2D eigenvalue weighted by Gasteiger charge is 2.24. The lowest BCUT2D eigenvalue weighted by molar-refractivity contribution is 0.0887. The molecule has 0 aliphatic carbocycles. The van der Waals surface area contributed by atoms with Crippen LogP contribution in [0.5, 0.6) is 5.75 Å². The van der Waals surface area contributed by atoms with Crippen molar-refractivity contribution < 1.29 is 18.3 Å². The Labute approximate surface area is 152 Å². The van der Waals surface area contributed by atoms with Gasteiger partial charge >= 0.3 is 0 Å². The maximum Gasteiger partial charge on any atom is 0.287 e. The van der Waals surface area contributed by atoms with Gasteiger partial charge in [-0.15, -0.1) is 12.4 Å². The molecule has 1 saturated heterocycles. The molecular weight excluding hydrogens is 347 g/mol. The molecule has 1 aromatic heterocycles. The minimum absolute atomic E-state index is 0. The Kier molecular flexibility index (Phi) is 6.84. The number of amides is 1. The third kappa shape index (κ3) is 5.21. The lowest BCUT2D eigenvalue weighted by Crippen LogP contribution is -2.51. The summed E-state index contributed by atoms with van der Waals surface area (Å²) in [7, 11) is 0. The maximum atomic E-state index is 12.8. The molecule has 7 heteroatoms. The average molecular weight is 369 g/mol. The van der Waals surface area contributed by atoms with Crippen LogP contribution in [0.1, 0.15) is 36.1 Å². The lowest BCUT2D eigenvalue weighted by atomic mass is 10.00. The minimum atomic E-state index is -0.314. The van der Waals surface area contributed by atoms with Gasteiger partial charge in [0.15, 0.2) is 5.76 Å². The van der Waals surface area contributed by atoms with Crippen molar-refractivity contribution in [2.75, 3.05) is 6.54 Å². The van der Waals surface area contributed by atoms with Gasteiger partial charge in [-0.05, 0) is 62.7 Å². The van der Waals surface area contributed by atoms with Crippen LogP contribution in [0.4, 0.5) is 4.39 Å². The van der Waals surface area contributed by atoms with E-state index in [2.05, 4.69) is 17.6 Å². The Hall–Kier alpha value is -2.05. The molecule has 2 unspecified atom stereocenters. The summed E-state index contributed by atoms with van der Waals surface area (Å²) in [5.74, 6) is 0.819. The van der Waals surface area contributed by atoms with E-state index in [0.717, 1.165) is 19.4 Å². The highest BCUT2D eigenvalue weighted by Crippen LogP contribution is 2.16. The molecule has 2 N–H and O–H groups in total. The first-order valence-electron chi connectivity index (χ1n) is 8.13. The number of nitrogens with one attached hydrogen (secondary N) is 2. The second-order valence-electron chi connectivity index (χ2n) is 5.97. The summed E-state index contributed by atoms with van der Waals surface area (Å²) in [6.45, 7) is 3.23. The molecule has 0 radical (unpaired) electrons. The summed E-state index contributed by atoms with van der Waals surface area (Å²) in [6, 6.07) is 9.45. The Balaban J connectivity index is 0.00000225. The predicted octanol–water partition coefficient (Wildman–Crippen LogP) is 3.29. The molecule has 25 heavy (non-hydrogen) atoms. The van der Waals surface area contributed by atoms with Crippen molar-refractivity contribution in [1.82, 2.24) is 10.6 Å². The van der Waals surface area contributed by atoms with Crippen LogP contribution in [-0.4, -0.2) is 24.5 Å². The molecule has 1 amide bonds. The summed E-state index contributed by atoms with van der Waals surface area (Å²) in [5, 5.41) is 6.35. The van der Waals surface area contributed by atoms with Gasteiger partial charge in [-0.3, -0.25) is 4.79 Å². The van der Waals surface area contributed by atoms with Crippen molar-refractivity contribution in [3.05, 3.63) is 53.7 Å². The first-order chi connectivity index (χ1) is 11.6. The van der Waals surface area contributed by atoms with Crippen LogP contribution in [0.3, 0.4) is 0 Å². The van der Waals surface area contributed by atoms with Crippen LogP contribution in [-0.2, 0) is 6.61 Å². The van der Waals surface area contributed by atoms with Crippen molar-refractivity contribution in [2.24, 2.45) is 0 Å². The third-order valence-corrected chi connectivity index (χ3v) is 4.16. The summed E-state index contributed by atoms with van der Waals surface area (Å²) < 4.78 is 23.9. The second-order valence-corrected chi connectivity index (χ2v) is 5.97. The molecule has 1 aliphatic rings. The molecule has 0 bridgehead atoms. The van der Waals surface area contributed by atoms with Crippen molar-refractivity contribution in [2.45, 2.75) is 38.5 Å². The summed E-state index contributed by atoms with van der Waals surface area (Å²) in [4.78, 5) is 12.3. The van der Waals surface area contributed by atoms with Crippen LogP contribution in [0.2, 0.25) is 0 Å². The second kappa shape index (κ2) is 8.87. The zero-order valence-electron chi connectivity index (χ0n) is 14.0. The van der Waals surface area contributed by atoms with Crippen molar-refractivity contribution in [3.8, 4) is 5.75 Å². The highest BCUT2D eigenvalue weighted by atomic mass is 35.5. The number of carbonyl (C=O) groups is 1. The number of hydrogen-bond acceptors (Lipinski definition) is 4. The van der Waals surface area contributed by atoms with E-state index in [9.17, 15) is 9.18 Å². The van der Waals surface area contributed by atoms with Gasteiger partial charge in [0.05, 0.1) is 0 Å². The van der Waals surface area contributed by atoms with E-state index in [-0.39, 0.29) is 48.6 Å². The molecule has 3 rings (SSSR count). The van der Waals surface area contributed by atoms with Gasteiger partial charge in [-0.25, -0.2) is 4.39 Å². The number of carbonyl (C=O) groups excluding carboxylic acids is 1. The lowest BCUT2D eigenvalue weighted by Gasteiger charge is -2.30. The van der Waals surface area contributed by atoms with Gasteiger partial charge in [0.2, 0.25) is 0 Å². The Bertz CT molecular complexity index is 690. The number of ether oxygens (including phenoxy) is 1. The molecular formula is C18H22ClFN2O3. The molecule has 2 aromatic rings. The number of benzene rings is 1. The molecule has 2 heterocycles. The van der Waals surface area contributed by atoms with Crippen molar-refractivity contribution in [3.63, 3.8) is 0 Å². The third-order valence-electron chi connectivity index (χ3n) is 4.16. The largest absolute Gasteiger partial charge is 0.486 e. The SMILES string of the molecule is CC1NCCCC1NC(=O)c1ccc(COc2ccc(F)cc2)o1.Cl. The van der Waals surface area contributed by atoms with Gasteiger partial charge in [0.25, 0.3) is 5.91 Å². The Morgan fingerprint density at radius 2 is 2.08 bits per heavy atom. The Morgan fingerprint density at radius 1 is 1.32 bits per heavy atom. The molecule has 1 aromatic carbocycles. The quantitative estimate of drug-likeness (QED) is 0.850. The van der Waals surface area contributed by atoms with E-state index in [4.69, 9.17) is 9.15 Å². The fraction of sp³-hybridized carbons (Fsp3) is 0.389. The first kappa shape index (κ1) is 19.3. The van der Waals surface area contributed by atoms with Gasteiger partial charge in [-0.1, -0.05) is 0 Å². The fourth-order valence-corrected chi connectivity index (χ4v) is 2.74. The molecule has 1 fully saturated rings. The van der Waals surface area contributed by atoms with Gasteiger partial charge in [0, 0.05) is 12.1 Å². The predicted molar refractivity (Wildman–Crippen MR) is 94.6 cm³/mol. The first-order valence-corrected chi connectivity index (χ1v) is 8.13. The highest BCUT2D eigenvalue weighted by molar-refractivity contribution is 5.91. The van der Waals surface area contributed by atoms with E-state index in [1.54, 1.807) is 24.3 Å². The maximum absolute atomic E-state index is 12.8. The number of rotatable bonds is 5. The monoisotopic (exact) mass is 368 g/mol. The smallest absolute Gasteiger partial charge is 0.287 e. The molecule has 136 valence electrons. The Morgan fingerprint density at radius 3 is 2.80 bits per heavy atom. The number of hydrogen-bond donors (Lipinski definition) is 2.